The molecule has 0 unspecified atom stereocenters. The van der Waals surface area contributed by atoms with Gasteiger partial charge in [-0.1, -0.05) is 48.5 Å². The molecule has 3 aromatic rings. The van der Waals surface area contributed by atoms with Gasteiger partial charge < -0.3 is 4.42 Å². The first-order chi connectivity index (χ1) is 8.43. The fraction of sp³-hybridized carbons (Fsp3) is 0. The van der Waals surface area contributed by atoms with Crippen LogP contribution in [0.5, 0.6) is 0 Å². The Labute approximate surface area is 99.6 Å². The number of nitrogens with zero attached hydrogens (tertiary/aromatic N) is 1. The molecule has 3 rings (SSSR count). The van der Waals surface area contributed by atoms with Crippen molar-refractivity contribution in [3.8, 4) is 22.5 Å². The van der Waals surface area contributed by atoms with Gasteiger partial charge in [-0.25, -0.2) is 4.98 Å². The average Bonchev–Trinajstić information content (AvgIpc) is 2.94. The minimum absolute atomic E-state index is 0.786. The van der Waals surface area contributed by atoms with Gasteiger partial charge in [0.05, 0.1) is 6.20 Å². The first-order valence-electron chi connectivity index (χ1n) is 5.39. The van der Waals surface area contributed by atoms with Crippen molar-refractivity contribution in [3.05, 3.63) is 67.2 Å². The molecule has 81 valence electrons. The van der Waals surface area contributed by atoms with E-state index in [9.17, 15) is 0 Å². The predicted octanol–water partition coefficient (Wildman–Crippen LogP) is 3.81. The van der Waals surface area contributed by atoms with E-state index in [1.165, 1.54) is 6.39 Å². The lowest BCUT2D eigenvalue weighted by atomic mass is 10.0. The Morgan fingerprint density at radius 3 is 2.41 bits per heavy atom. The normalized spacial score (nSPS) is 10.4. The summed E-state index contributed by atoms with van der Waals surface area (Å²) in [5.74, 6) is 0.786. The Morgan fingerprint density at radius 1 is 0.941 bits per heavy atom. The Kier molecular flexibility index (Phi) is 2.47. The summed E-state index contributed by atoms with van der Waals surface area (Å²) in [5.41, 5.74) is 3.27. The van der Waals surface area contributed by atoms with Crippen LogP contribution < -0.4 is 0 Å². The van der Waals surface area contributed by atoms with Crippen LogP contribution in [0.15, 0.2) is 65.5 Å². The van der Waals surface area contributed by atoms with Crippen molar-refractivity contribution < 1.29 is 4.42 Å². The molecule has 1 aromatic heterocycles. The molecular formula is C15H10NO. The molecule has 0 N–H and O–H groups in total. The van der Waals surface area contributed by atoms with Gasteiger partial charge in [0.2, 0.25) is 0 Å². The molecule has 0 aliphatic carbocycles. The lowest BCUT2D eigenvalue weighted by Crippen LogP contribution is -1.78. The molecule has 0 aliphatic rings. The maximum Gasteiger partial charge on any atom is 0.181 e. The van der Waals surface area contributed by atoms with E-state index in [4.69, 9.17) is 4.42 Å². The van der Waals surface area contributed by atoms with Crippen LogP contribution in [0, 0.1) is 6.07 Å². The van der Waals surface area contributed by atoms with Crippen molar-refractivity contribution >= 4 is 0 Å². The third kappa shape index (κ3) is 1.97. The van der Waals surface area contributed by atoms with Crippen LogP contribution in [0.1, 0.15) is 0 Å². The molecule has 2 nitrogen and oxygen atoms in total. The predicted molar refractivity (Wildman–Crippen MR) is 66.2 cm³/mol. The van der Waals surface area contributed by atoms with Gasteiger partial charge in [0, 0.05) is 5.56 Å². The van der Waals surface area contributed by atoms with Crippen LogP contribution in [0.4, 0.5) is 0 Å². The molecule has 2 aromatic carbocycles. The van der Waals surface area contributed by atoms with Crippen LogP contribution in [-0.4, -0.2) is 4.98 Å². The van der Waals surface area contributed by atoms with Crippen LogP contribution in [-0.2, 0) is 0 Å². The minimum Gasteiger partial charge on any atom is -0.444 e. The third-order valence-corrected chi connectivity index (χ3v) is 2.62. The number of benzene rings is 2. The number of rotatable bonds is 2. The van der Waals surface area contributed by atoms with Crippen molar-refractivity contribution in [2.45, 2.75) is 0 Å². The van der Waals surface area contributed by atoms with Crippen LogP contribution in [0.25, 0.3) is 22.5 Å². The molecule has 0 bridgehead atoms. The zero-order valence-corrected chi connectivity index (χ0v) is 9.13. The van der Waals surface area contributed by atoms with Gasteiger partial charge in [-0.2, -0.15) is 0 Å². The van der Waals surface area contributed by atoms with E-state index in [0.717, 1.165) is 22.5 Å². The Balaban J connectivity index is 1.96. The Morgan fingerprint density at radius 2 is 1.76 bits per heavy atom. The first kappa shape index (κ1) is 9.85. The summed E-state index contributed by atoms with van der Waals surface area (Å²) >= 11 is 0. The maximum atomic E-state index is 5.25. The summed E-state index contributed by atoms with van der Waals surface area (Å²) in [6.07, 6.45) is 3.15. The number of oxazole rings is 1. The second-order valence-corrected chi connectivity index (χ2v) is 3.72. The highest BCUT2D eigenvalue weighted by atomic mass is 16.3. The van der Waals surface area contributed by atoms with E-state index in [-0.39, 0.29) is 0 Å². The highest BCUT2D eigenvalue weighted by Crippen LogP contribution is 2.23. The Bertz CT molecular complexity index is 583. The van der Waals surface area contributed by atoms with Crippen molar-refractivity contribution in [2.75, 3.05) is 0 Å². The first-order valence-corrected chi connectivity index (χ1v) is 5.39. The molecule has 0 saturated heterocycles. The van der Waals surface area contributed by atoms with E-state index < -0.39 is 0 Å². The van der Waals surface area contributed by atoms with Crippen molar-refractivity contribution in [2.24, 2.45) is 0 Å². The fourth-order valence-electron chi connectivity index (χ4n) is 1.75. The molecule has 0 atom stereocenters. The highest BCUT2D eigenvalue weighted by Gasteiger charge is 2.02. The van der Waals surface area contributed by atoms with Gasteiger partial charge in [0.25, 0.3) is 0 Å². The quantitative estimate of drug-likeness (QED) is 0.656. The van der Waals surface area contributed by atoms with Gasteiger partial charge in [0.1, 0.15) is 0 Å². The molecule has 0 aliphatic heterocycles. The lowest BCUT2D eigenvalue weighted by molar-refractivity contribution is 0.572. The van der Waals surface area contributed by atoms with E-state index in [2.05, 4.69) is 23.2 Å². The monoisotopic (exact) mass is 220 g/mol. The molecule has 0 spiro atoms. The summed E-state index contributed by atoms with van der Waals surface area (Å²) in [5, 5.41) is 0. The molecule has 1 radical (unpaired) electrons. The number of hydrogen-bond acceptors (Lipinski definition) is 2. The Hall–Kier alpha value is -2.35. The van der Waals surface area contributed by atoms with Crippen LogP contribution in [0.2, 0.25) is 0 Å². The molecule has 2 heteroatoms. The topological polar surface area (TPSA) is 26.0 Å². The fourth-order valence-corrected chi connectivity index (χ4v) is 1.75. The molecule has 17 heavy (non-hydrogen) atoms. The van der Waals surface area contributed by atoms with E-state index >= 15 is 0 Å². The SMILES string of the molecule is [c]1ccccc1-c1ccc(-c2cnco2)cc1. The van der Waals surface area contributed by atoms with Gasteiger partial charge in [0.15, 0.2) is 12.2 Å². The number of hydrogen-bond donors (Lipinski definition) is 0. The minimum atomic E-state index is 0.786. The summed E-state index contributed by atoms with van der Waals surface area (Å²) in [6.45, 7) is 0. The lowest BCUT2D eigenvalue weighted by Gasteiger charge is -2.01. The second-order valence-electron chi connectivity index (χ2n) is 3.72. The van der Waals surface area contributed by atoms with Gasteiger partial charge in [-0.05, 0) is 17.2 Å². The zero-order chi connectivity index (χ0) is 11.5. The zero-order valence-electron chi connectivity index (χ0n) is 9.13. The maximum absolute atomic E-state index is 5.25. The van der Waals surface area contributed by atoms with Gasteiger partial charge in [-0.3, -0.25) is 0 Å². The van der Waals surface area contributed by atoms with Gasteiger partial charge in [-0.15, -0.1) is 0 Å². The summed E-state index contributed by atoms with van der Waals surface area (Å²) in [4.78, 5) is 3.91. The second kappa shape index (κ2) is 4.26. The third-order valence-electron chi connectivity index (χ3n) is 2.62. The molecule has 0 amide bonds. The summed E-state index contributed by atoms with van der Waals surface area (Å²) < 4.78 is 5.25. The van der Waals surface area contributed by atoms with Crippen molar-refractivity contribution in [3.63, 3.8) is 0 Å². The summed E-state index contributed by atoms with van der Waals surface area (Å²) in [6, 6.07) is 19.3. The largest absolute Gasteiger partial charge is 0.444 e. The van der Waals surface area contributed by atoms with Crippen LogP contribution in [0.3, 0.4) is 0 Å². The summed E-state index contributed by atoms with van der Waals surface area (Å²) in [7, 11) is 0. The molecule has 0 saturated carbocycles. The highest BCUT2D eigenvalue weighted by molar-refractivity contribution is 5.67. The van der Waals surface area contributed by atoms with Gasteiger partial charge >= 0.3 is 0 Å². The van der Waals surface area contributed by atoms with E-state index in [1.807, 2.05) is 36.4 Å². The molecule has 1 heterocycles. The molecule has 0 fully saturated rings. The van der Waals surface area contributed by atoms with Crippen molar-refractivity contribution in [1.82, 2.24) is 4.98 Å². The van der Waals surface area contributed by atoms with Crippen molar-refractivity contribution in [1.29, 1.82) is 0 Å². The smallest absolute Gasteiger partial charge is 0.181 e. The molecular weight excluding hydrogens is 210 g/mol. The van der Waals surface area contributed by atoms with Crippen LogP contribution >= 0.6 is 0 Å². The average molecular weight is 220 g/mol. The van der Waals surface area contributed by atoms with E-state index in [1.54, 1.807) is 6.20 Å². The standard InChI is InChI=1S/C15H10NO/c1-2-4-12(5-3-1)13-6-8-14(9-7-13)15-10-16-11-17-15/h1-4,6-11H. The number of aromatic nitrogens is 1. The van der Waals surface area contributed by atoms with E-state index in [0.29, 0.717) is 0 Å².